The Bertz CT molecular complexity index is 480. The number of halogens is 1. The average molecular weight is 261 g/mol. The first-order chi connectivity index (χ1) is 8.76. The summed E-state index contributed by atoms with van der Waals surface area (Å²) in [6.07, 6.45) is 3.79. The number of nitriles is 1. The predicted octanol–water partition coefficient (Wildman–Crippen LogP) is 3.00. The Hall–Kier alpha value is -1.04. The van der Waals surface area contributed by atoms with E-state index in [1.54, 1.807) is 0 Å². The van der Waals surface area contributed by atoms with Gasteiger partial charge >= 0.3 is 0 Å². The minimum Gasteiger partial charge on any atom is -0.316 e. The lowest BCUT2D eigenvalue weighted by Crippen LogP contribution is -2.12. The van der Waals surface area contributed by atoms with E-state index in [1.165, 1.54) is 31.5 Å². The van der Waals surface area contributed by atoms with Gasteiger partial charge in [-0.2, -0.15) is 5.26 Å². The van der Waals surface area contributed by atoms with Crippen LogP contribution >= 0.6 is 11.6 Å². The van der Waals surface area contributed by atoms with Crippen LogP contribution < -0.4 is 5.32 Å². The summed E-state index contributed by atoms with van der Waals surface area (Å²) in [6, 6.07) is 7.97. The molecule has 0 aromatic heterocycles. The molecule has 0 amide bonds. The molecule has 94 valence electrons. The molecule has 1 aliphatic carbocycles. The van der Waals surface area contributed by atoms with Gasteiger partial charge in [0.25, 0.3) is 0 Å². The molecule has 3 heteroatoms. The topological polar surface area (TPSA) is 35.8 Å². The first-order valence-corrected chi connectivity index (χ1v) is 7.03. The molecule has 1 aromatic rings. The Morgan fingerprint density at radius 2 is 2.00 bits per heavy atom. The number of nitrogens with zero attached hydrogens (tertiary/aromatic N) is 1. The monoisotopic (exact) mass is 260 g/mol. The Balaban J connectivity index is 1.67. The largest absolute Gasteiger partial charge is 0.316 e. The predicted molar refractivity (Wildman–Crippen MR) is 72.4 cm³/mol. The third-order valence-corrected chi connectivity index (χ3v) is 4.74. The summed E-state index contributed by atoms with van der Waals surface area (Å²) in [4.78, 5) is 0. The van der Waals surface area contributed by atoms with Crippen molar-refractivity contribution in [2.75, 3.05) is 13.1 Å². The lowest BCUT2D eigenvalue weighted by Gasteiger charge is -2.11. The molecule has 2 nitrogen and oxygen atoms in total. The number of benzene rings is 1. The Morgan fingerprint density at radius 3 is 2.61 bits per heavy atom. The third-order valence-electron chi connectivity index (χ3n) is 4.43. The first kappa shape index (κ1) is 12.0. The van der Waals surface area contributed by atoms with Crippen LogP contribution in [0.2, 0.25) is 5.02 Å². The highest BCUT2D eigenvalue weighted by atomic mass is 35.5. The zero-order chi connectivity index (χ0) is 12.5. The van der Waals surface area contributed by atoms with E-state index in [0.29, 0.717) is 10.6 Å². The number of fused-ring (bicyclic) bond motifs is 1. The van der Waals surface area contributed by atoms with E-state index >= 15 is 0 Å². The van der Waals surface area contributed by atoms with E-state index in [0.717, 1.165) is 24.2 Å². The summed E-state index contributed by atoms with van der Waals surface area (Å²) >= 11 is 6.08. The van der Waals surface area contributed by atoms with Crippen molar-refractivity contribution in [3.8, 4) is 6.07 Å². The van der Waals surface area contributed by atoms with Gasteiger partial charge in [-0.15, -0.1) is 0 Å². The second-order valence-electron chi connectivity index (χ2n) is 5.65. The lowest BCUT2D eigenvalue weighted by atomic mass is 9.96. The molecule has 1 N–H and O–H groups in total. The van der Waals surface area contributed by atoms with Crippen molar-refractivity contribution in [3.63, 3.8) is 0 Å². The summed E-state index contributed by atoms with van der Waals surface area (Å²) in [5, 5.41) is 12.9. The molecule has 2 aliphatic rings. The van der Waals surface area contributed by atoms with Crippen LogP contribution in [-0.2, 0) is 6.42 Å². The molecule has 3 atom stereocenters. The van der Waals surface area contributed by atoms with Crippen LogP contribution in [0.3, 0.4) is 0 Å². The van der Waals surface area contributed by atoms with E-state index < -0.39 is 0 Å². The lowest BCUT2D eigenvalue weighted by molar-refractivity contribution is 0.490. The van der Waals surface area contributed by atoms with E-state index in [2.05, 4.69) is 17.5 Å². The highest BCUT2D eigenvalue weighted by molar-refractivity contribution is 6.31. The van der Waals surface area contributed by atoms with Gasteiger partial charge in [0.15, 0.2) is 0 Å². The van der Waals surface area contributed by atoms with Gasteiger partial charge in [-0.3, -0.25) is 0 Å². The molecule has 1 heterocycles. The molecule has 1 aromatic carbocycles. The minimum atomic E-state index is 0.577. The van der Waals surface area contributed by atoms with Crippen LogP contribution in [0.5, 0.6) is 0 Å². The first-order valence-electron chi connectivity index (χ1n) is 6.65. The quantitative estimate of drug-likeness (QED) is 0.887. The van der Waals surface area contributed by atoms with Crippen molar-refractivity contribution in [1.29, 1.82) is 5.26 Å². The Labute approximate surface area is 113 Å². The number of nitrogens with one attached hydrogen (secondary N) is 1. The summed E-state index contributed by atoms with van der Waals surface area (Å²) in [5.74, 6) is 2.58. The molecule has 1 saturated heterocycles. The van der Waals surface area contributed by atoms with Crippen molar-refractivity contribution in [1.82, 2.24) is 5.32 Å². The van der Waals surface area contributed by atoms with Gasteiger partial charge in [0.2, 0.25) is 0 Å². The smallest absolute Gasteiger partial charge is 0.101 e. The van der Waals surface area contributed by atoms with E-state index in [4.69, 9.17) is 16.9 Å². The Kier molecular flexibility index (Phi) is 3.28. The van der Waals surface area contributed by atoms with Crippen LogP contribution in [0, 0.1) is 29.1 Å². The molecule has 0 bridgehead atoms. The van der Waals surface area contributed by atoms with Crippen molar-refractivity contribution < 1.29 is 0 Å². The molecule has 0 spiro atoms. The molecule has 0 radical (unpaired) electrons. The fourth-order valence-electron chi connectivity index (χ4n) is 3.57. The number of hydrogen-bond acceptors (Lipinski definition) is 2. The SMILES string of the molecule is N#Cc1ccc(C[C@@H]2CC3CNC[C@@H]3C2)cc1Cl. The summed E-state index contributed by atoms with van der Waals surface area (Å²) in [7, 11) is 0. The zero-order valence-electron chi connectivity index (χ0n) is 10.3. The van der Waals surface area contributed by atoms with Crippen LogP contribution in [-0.4, -0.2) is 13.1 Å². The maximum Gasteiger partial charge on any atom is 0.101 e. The zero-order valence-corrected chi connectivity index (χ0v) is 11.1. The fraction of sp³-hybridized carbons (Fsp3) is 0.533. The van der Waals surface area contributed by atoms with Crippen LogP contribution in [0.4, 0.5) is 0 Å². The second-order valence-corrected chi connectivity index (χ2v) is 6.05. The van der Waals surface area contributed by atoms with Gasteiger partial charge in [-0.1, -0.05) is 17.7 Å². The van der Waals surface area contributed by atoms with Crippen LogP contribution in [0.15, 0.2) is 18.2 Å². The van der Waals surface area contributed by atoms with Gasteiger partial charge < -0.3 is 5.32 Å². The normalized spacial score (nSPS) is 30.1. The van der Waals surface area contributed by atoms with E-state index in [-0.39, 0.29) is 0 Å². The highest BCUT2D eigenvalue weighted by Gasteiger charge is 2.36. The second kappa shape index (κ2) is 4.91. The molecule has 1 aliphatic heterocycles. The van der Waals surface area contributed by atoms with Crippen molar-refractivity contribution >= 4 is 11.6 Å². The van der Waals surface area contributed by atoms with Gasteiger partial charge in [0.1, 0.15) is 6.07 Å². The minimum absolute atomic E-state index is 0.577. The average Bonchev–Trinajstić information content (AvgIpc) is 2.90. The molecule has 2 fully saturated rings. The number of hydrogen-bond donors (Lipinski definition) is 1. The summed E-state index contributed by atoms with van der Waals surface area (Å²) in [5.41, 5.74) is 1.85. The van der Waals surface area contributed by atoms with Crippen molar-refractivity contribution in [2.24, 2.45) is 17.8 Å². The standard InChI is InChI=1S/C15H17ClN2/c16-15-6-10(1-2-12(15)7-17)3-11-4-13-8-18-9-14(13)5-11/h1-2,6,11,13-14,18H,3-5,8-9H2/t11-,13-,14?/m0/s1. The summed E-state index contributed by atoms with van der Waals surface area (Å²) < 4.78 is 0. The summed E-state index contributed by atoms with van der Waals surface area (Å²) in [6.45, 7) is 2.41. The van der Waals surface area contributed by atoms with E-state index in [1.807, 2.05) is 12.1 Å². The highest BCUT2D eigenvalue weighted by Crippen LogP contribution is 2.40. The van der Waals surface area contributed by atoms with Crippen LogP contribution in [0.1, 0.15) is 24.0 Å². The fourth-order valence-corrected chi connectivity index (χ4v) is 3.81. The van der Waals surface area contributed by atoms with E-state index in [9.17, 15) is 0 Å². The molecule has 1 unspecified atom stereocenters. The van der Waals surface area contributed by atoms with Gasteiger partial charge in [-0.25, -0.2) is 0 Å². The van der Waals surface area contributed by atoms with Gasteiger partial charge in [-0.05, 0) is 67.8 Å². The van der Waals surface area contributed by atoms with Gasteiger partial charge in [0, 0.05) is 0 Å². The van der Waals surface area contributed by atoms with Crippen LogP contribution in [0.25, 0.3) is 0 Å². The maximum absolute atomic E-state index is 8.86. The Morgan fingerprint density at radius 1 is 1.28 bits per heavy atom. The molecule has 3 rings (SSSR count). The van der Waals surface area contributed by atoms with Crippen molar-refractivity contribution in [3.05, 3.63) is 34.3 Å². The third kappa shape index (κ3) is 2.25. The molecule has 18 heavy (non-hydrogen) atoms. The molecular formula is C15H17ClN2. The maximum atomic E-state index is 8.86. The molecule has 1 saturated carbocycles. The van der Waals surface area contributed by atoms with Crippen molar-refractivity contribution in [2.45, 2.75) is 19.3 Å². The van der Waals surface area contributed by atoms with Gasteiger partial charge in [0.05, 0.1) is 10.6 Å². The molecular weight excluding hydrogens is 244 g/mol. The number of rotatable bonds is 2.